The summed E-state index contributed by atoms with van der Waals surface area (Å²) in [4.78, 5) is 7.94. The molecular weight excluding hydrogens is 178 g/mol. The molecule has 1 aliphatic heterocycles. The first-order chi connectivity index (χ1) is 6.73. The minimum atomic E-state index is -0.941. The average molecular weight is 189 g/mol. The fraction of sp³-hybridized carbons (Fsp3) is 0.111. The summed E-state index contributed by atoms with van der Waals surface area (Å²) in [6, 6.07) is 3.65. The number of amidine groups is 1. The van der Waals surface area contributed by atoms with Crippen LogP contribution in [-0.4, -0.2) is 10.8 Å². The molecule has 14 heavy (non-hydrogen) atoms. The summed E-state index contributed by atoms with van der Waals surface area (Å²) in [5.74, 6) is 0.327. The van der Waals surface area contributed by atoms with Gasteiger partial charge >= 0.3 is 0 Å². The number of aliphatic imine (C=N–C) groups is 1. The van der Waals surface area contributed by atoms with E-state index in [1.165, 1.54) is 0 Å². The van der Waals surface area contributed by atoms with Gasteiger partial charge in [-0.3, -0.25) is 10.7 Å². The number of rotatable bonds is 1. The van der Waals surface area contributed by atoms with E-state index < -0.39 is 5.66 Å². The van der Waals surface area contributed by atoms with Crippen molar-refractivity contribution in [2.24, 2.45) is 16.5 Å². The first-order valence-electron chi connectivity index (χ1n) is 4.19. The van der Waals surface area contributed by atoms with Gasteiger partial charge in [0.2, 0.25) is 0 Å². The summed E-state index contributed by atoms with van der Waals surface area (Å²) in [5, 5.41) is 2.96. The Morgan fingerprint density at radius 3 is 2.93 bits per heavy atom. The van der Waals surface area contributed by atoms with E-state index in [4.69, 9.17) is 11.5 Å². The standard InChI is InChI=1S/C9H11N5/c10-8-9(11,14-5-4-13-8)7-2-1-3-12-6-7/h1-6,14H,11H2,(H2,10,13). The van der Waals surface area contributed by atoms with Gasteiger partial charge in [0.25, 0.3) is 0 Å². The lowest BCUT2D eigenvalue weighted by Crippen LogP contribution is -2.58. The monoisotopic (exact) mass is 189 g/mol. The molecule has 1 atom stereocenters. The van der Waals surface area contributed by atoms with E-state index in [1.807, 2.05) is 6.07 Å². The first-order valence-corrected chi connectivity index (χ1v) is 4.19. The zero-order chi connectivity index (χ0) is 10.0. The molecule has 72 valence electrons. The molecular formula is C9H11N5. The minimum Gasteiger partial charge on any atom is -0.384 e. The van der Waals surface area contributed by atoms with Crippen LogP contribution in [0.3, 0.4) is 0 Å². The molecule has 0 amide bonds. The summed E-state index contributed by atoms with van der Waals surface area (Å²) < 4.78 is 0. The number of aromatic nitrogens is 1. The highest BCUT2D eigenvalue weighted by molar-refractivity contribution is 5.91. The van der Waals surface area contributed by atoms with Gasteiger partial charge in [-0.05, 0) is 6.07 Å². The van der Waals surface area contributed by atoms with Crippen LogP contribution in [0.15, 0.2) is 41.9 Å². The van der Waals surface area contributed by atoms with Crippen LogP contribution in [0.5, 0.6) is 0 Å². The van der Waals surface area contributed by atoms with Crippen LogP contribution in [-0.2, 0) is 5.66 Å². The van der Waals surface area contributed by atoms with Crippen molar-refractivity contribution in [1.29, 1.82) is 0 Å². The number of nitrogens with zero attached hydrogens (tertiary/aromatic N) is 2. The molecule has 0 bridgehead atoms. The molecule has 0 fully saturated rings. The topological polar surface area (TPSA) is 89.3 Å². The third-order valence-corrected chi connectivity index (χ3v) is 2.12. The van der Waals surface area contributed by atoms with Gasteiger partial charge in [-0.25, -0.2) is 4.99 Å². The van der Waals surface area contributed by atoms with E-state index in [9.17, 15) is 0 Å². The minimum absolute atomic E-state index is 0.327. The fourth-order valence-electron chi connectivity index (χ4n) is 1.29. The van der Waals surface area contributed by atoms with Gasteiger partial charge in [0.05, 0.1) is 0 Å². The van der Waals surface area contributed by atoms with Crippen molar-refractivity contribution in [2.75, 3.05) is 0 Å². The SMILES string of the molecule is NC1=NC=CNC1(N)c1cccnc1. The second-order valence-corrected chi connectivity index (χ2v) is 3.02. The summed E-state index contributed by atoms with van der Waals surface area (Å²) >= 11 is 0. The molecule has 0 saturated carbocycles. The second-order valence-electron chi connectivity index (χ2n) is 3.02. The van der Waals surface area contributed by atoms with Crippen molar-refractivity contribution < 1.29 is 0 Å². The Labute approximate surface area is 81.5 Å². The molecule has 0 aromatic carbocycles. The Hall–Kier alpha value is -1.88. The van der Waals surface area contributed by atoms with Crippen molar-refractivity contribution >= 4 is 5.84 Å². The molecule has 1 aliphatic rings. The van der Waals surface area contributed by atoms with Crippen molar-refractivity contribution in [1.82, 2.24) is 10.3 Å². The average Bonchev–Trinajstić information content (AvgIpc) is 2.24. The summed E-state index contributed by atoms with van der Waals surface area (Å²) in [7, 11) is 0. The van der Waals surface area contributed by atoms with Gasteiger partial charge < -0.3 is 11.1 Å². The quantitative estimate of drug-likeness (QED) is 0.562. The molecule has 2 heterocycles. The maximum atomic E-state index is 6.07. The van der Waals surface area contributed by atoms with Gasteiger partial charge in [-0.15, -0.1) is 0 Å². The fourth-order valence-corrected chi connectivity index (χ4v) is 1.29. The predicted octanol–water partition coefficient (Wildman–Crippen LogP) is -0.375. The van der Waals surface area contributed by atoms with Crippen molar-refractivity contribution in [2.45, 2.75) is 5.66 Å². The van der Waals surface area contributed by atoms with E-state index in [2.05, 4.69) is 15.3 Å². The molecule has 5 N–H and O–H groups in total. The Balaban J connectivity index is 2.43. The van der Waals surface area contributed by atoms with Crippen LogP contribution in [0.1, 0.15) is 5.56 Å². The van der Waals surface area contributed by atoms with E-state index in [-0.39, 0.29) is 0 Å². The van der Waals surface area contributed by atoms with Crippen LogP contribution in [0.2, 0.25) is 0 Å². The Kier molecular flexibility index (Phi) is 1.94. The molecule has 5 nitrogen and oxygen atoms in total. The summed E-state index contributed by atoms with van der Waals surface area (Å²) in [6.45, 7) is 0. The van der Waals surface area contributed by atoms with Crippen LogP contribution < -0.4 is 16.8 Å². The molecule has 2 rings (SSSR count). The van der Waals surface area contributed by atoms with E-state index in [0.717, 1.165) is 5.56 Å². The lowest BCUT2D eigenvalue weighted by molar-refractivity contribution is 0.523. The van der Waals surface area contributed by atoms with Crippen LogP contribution in [0, 0.1) is 0 Å². The lowest BCUT2D eigenvalue weighted by Gasteiger charge is -2.30. The van der Waals surface area contributed by atoms with E-state index >= 15 is 0 Å². The Morgan fingerprint density at radius 2 is 2.29 bits per heavy atom. The number of hydrogen-bond acceptors (Lipinski definition) is 5. The van der Waals surface area contributed by atoms with Gasteiger partial charge in [0.1, 0.15) is 5.84 Å². The highest BCUT2D eigenvalue weighted by Gasteiger charge is 2.32. The number of nitrogens with one attached hydrogen (secondary N) is 1. The van der Waals surface area contributed by atoms with Gasteiger partial charge in [0.15, 0.2) is 5.66 Å². The zero-order valence-electron chi connectivity index (χ0n) is 7.51. The van der Waals surface area contributed by atoms with E-state index in [0.29, 0.717) is 5.84 Å². The maximum Gasteiger partial charge on any atom is 0.172 e. The highest BCUT2D eigenvalue weighted by atomic mass is 15.2. The van der Waals surface area contributed by atoms with Crippen LogP contribution >= 0.6 is 0 Å². The molecule has 0 spiro atoms. The summed E-state index contributed by atoms with van der Waals surface area (Å²) in [5.41, 5.74) is 11.6. The molecule has 0 aliphatic carbocycles. The molecule has 1 unspecified atom stereocenters. The van der Waals surface area contributed by atoms with Crippen LogP contribution in [0.4, 0.5) is 0 Å². The Morgan fingerprint density at radius 1 is 1.43 bits per heavy atom. The van der Waals surface area contributed by atoms with Gasteiger partial charge in [0, 0.05) is 30.4 Å². The highest BCUT2D eigenvalue weighted by Crippen LogP contribution is 2.16. The first kappa shape index (κ1) is 8.71. The van der Waals surface area contributed by atoms with Crippen molar-refractivity contribution in [3.05, 3.63) is 42.5 Å². The largest absolute Gasteiger partial charge is 0.384 e. The van der Waals surface area contributed by atoms with Crippen molar-refractivity contribution in [3.63, 3.8) is 0 Å². The maximum absolute atomic E-state index is 6.07. The third kappa shape index (κ3) is 1.23. The molecule has 0 radical (unpaired) electrons. The number of nitrogens with two attached hydrogens (primary N) is 2. The zero-order valence-corrected chi connectivity index (χ0v) is 7.51. The molecule has 5 heteroatoms. The lowest BCUT2D eigenvalue weighted by atomic mass is 10.0. The second kappa shape index (κ2) is 3.12. The smallest absolute Gasteiger partial charge is 0.172 e. The normalized spacial score (nSPS) is 25.4. The van der Waals surface area contributed by atoms with Crippen LogP contribution in [0.25, 0.3) is 0 Å². The number of hydrogen-bond donors (Lipinski definition) is 3. The van der Waals surface area contributed by atoms with Crippen molar-refractivity contribution in [3.8, 4) is 0 Å². The third-order valence-electron chi connectivity index (χ3n) is 2.12. The molecule has 1 aromatic heterocycles. The number of pyridine rings is 1. The van der Waals surface area contributed by atoms with Gasteiger partial charge in [-0.1, -0.05) is 6.07 Å². The Bertz CT molecular complexity index is 383. The predicted molar refractivity (Wildman–Crippen MR) is 54.0 cm³/mol. The summed E-state index contributed by atoms with van der Waals surface area (Å²) in [6.07, 6.45) is 6.56. The van der Waals surface area contributed by atoms with E-state index in [1.54, 1.807) is 30.9 Å². The van der Waals surface area contributed by atoms with Gasteiger partial charge in [-0.2, -0.15) is 0 Å². The molecule has 0 saturated heterocycles. The molecule has 1 aromatic rings.